The Morgan fingerprint density at radius 3 is 2.23 bits per heavy atom. The Labute approximate surface area is 153 Å². The quantitative estimate of drug-likeness (QED) is 0.646. The van der Waals surface area contributed by atoms with Crippen LogP contribution in [0.4, 0.5) is 5.69 Å². The second-order valence-electron chi connectivity index (χ2n) is 5.41. The molecular formula is C20H23NO5. The van der Waals surface area contributed by atoms with E-state index >= 15 is 0 Å². The second-order valence-corrected chi connectivity index (χ2v) is 5.41. The van der Waals surface area contributed by atoms with E-state index in [9.17, 15) is 9.59 Å². The van der Waals surface area contributed by atoms with E-state index in [1.807, 2.05) is 37.3 Å². The summed E-state index contributed by atoms with van der Waals surface area (Å²) in [6, 6.07) is 16.3. The zero-order chi connectivity index (χ0) is 18.8. The van der Waals surface area contributed by atoms with Gasteiger partial charge in [-0.1, -0.05) is 18.2 Å². The van der Waals surface area contributed by atoms with Crippen molar-refractivity contribution in [1.29, 1.82) is 0 Å². The van der Waals surface area contributed by atoms with Gasteiger partial charge in [0.2, 0.25) is 0 Å². The van der Waals surface area contributed by atoms with Crippen LogP contribution in [0, 0.1) is 0 Å². The SMILES string of the molecule is CCN(C(=O)COC(=O)CCOc1ccc(OC)cc1)c1ccccc1. The molecule has 0 bridgehead atoms. The first-order valence-corrected chi connectivity index (χ1v) is 8.42. The summed E-state index contributed by atoms with van der Waals surface area (Å²) >= 11 is 0. The third-order valence-electron chi connectivity index (χ3n) is 3.68. The molecule has 0 aliphatic carbocycles. The number of ether oxygens (including phenoxy) is 3. The molecule has 0 spiro atoms. The van der Waals surface area contributed by atoms with Crippen molar-refractivity contribution >= 4 is 17.6 Å². The lowest BCUT2D eigenvalue weighted by molar-refractivity contribution is -0.148. The van der Waals surface area contributed by atoms with Crippen molar-refractivity contribution in [3.05, 3.63) is 54.6 Å². The normalized spacial score (nSPS) is 10.1. The average Bonchev–Trinajstić information content (AvgIpc) is 2.68. The van der Waals surface area contributed by atoms with Gasteiger partial charge < -0.3 is 19.1 Å². The number of benzene rings is 2. The zero-order valence-electron chi connectivity index (χ0n) is 15.0. The molecule has 26 heavy (non-hydrogen) atoms. The number of likely N-dealkylation sites (N-methyl/N-ethyl adjacent to an activating group) is 1. The predicted octanol–water partition coefficient (Wildman–Crippen LogP) is 3.06. The fourth-order valence-corrected chi connectivity index (χ4v) is 2.33. The molecular weight excluding hydrogens is 334 g/mol. The van der Waals surface area contributed by atoms with E-state index in [-0.39, 0.29) is 25.5 Å². The van der Waals surface area contributed by atoms with Gasteiger partial charge in [0.05, 0.1) is 20.1 Å². The van der Waals surface area contributed by atoms with E-state index in [2.05, 4.69) is 0 Å². The van der Waals surface area contributed by atoms with Crippen molar-refractivity contribution < 1.29 is 23.8 Å². The third-order valence-corrected chi connectivity index (χ3v) is 3.68. The number of para-hydroxylation sites is 1. The first kappa shape index (κ1) is 19.3. The van der Waals surface area contributed by atoms with Crippen LogP contribution in [0.2, 0.25) is 0 Å². The van der Waals surface area contributed by atoms with E-state index in [1.54, 1.807) is 36.3 Å². The maximum absolute atomic E-state index is 12.2. The van der Waals surface area contributed by atoms with Crippen LogP contribution in [0.15, 0.2) is 54.6 Å². The number of rotatable bonds is 9. The third kappa shape index (κ3) is 5.81. The molecule has 0 unspecified atom stereocenters. The Bertz CT molecular complexity index is 700. The van der Waals surface area contributed by atoms with Crippen LogP contribution in [-0.2, 0) is 14.3 Å². The molecule has 6 nitrogen and oxygen atoms in total. The molecule has 2 aromatic carbocycles. The number of nitrogens with zero attached hydrogens (tertiary/aromatic N) is 1. The molecule has 0 aliphatic heterocycles. The fraction of sp³-hybridized carbons (Fsp3) is 0.300. The topological polar surface area (TPSA) is 65.1 Å². The molecule has 0 fully saturated rings. The molecule has 2 aromatic rings. The lowest BCUT2D eigenvalue weighted by atomic mass is 10.3. The van der Waals surface area contributed by atoms with Gasteiger partial charge in [0.25, 0.3) is 5.91 Å². The molecule has 0 N–H and O–H groups in total. The van der Waals surface area contributed by atoms with Gasteiger partial charge in [-0.05, 0) is 43.3 Å². The minimum Gasteiger partial charge on any atom is -0.497 e. The summed E-state index contributed by atoms with van der Waals surface area (Å²) < 4.78 is 15.6. The summed E-state index contributed by atoms with van der Waals surface area (Å²) in [5.41, 5.74) is 0.777. The molecule has 0 radical (unpaired) electrons. The van der Waals surface area contributed by atoms with Crippen molar-refractivity contribution in [2.75, 3.05) is 31.8 Å². The van der Waals surface area contributed by atoms with E-state index in [0.717, 1.165) is 11.4 Å². The molecule has 6 heteroatoms. The Morgan fingerprint density at radius 2 is 1.62 bits per heavy atom. The highest BCUT2D eigenvalue weighted by atomic mass is 16.5. The number of anilines is 1. The molecule has 0 saturated carbocycles. The summed E-state index contributed by atoms with van der Waals surface area (Å²) in [6.45, 7) is 2.26. The molecule has 0 aromatic heterocycles. The van der Waals surface area contributed by atoms with Gasteiger partial charge in [0.15, 0.2) is 6.61 Å². The summed E-state index contributed by atoms with van der Waals surface area (Å²) in [5.74, 6) is 0.629. The average molecular weight is 357 g/mol. The predicted molar refractivity (Wildman–Crippen MR) is 98.5 cm³/mol. The number of carbonyl (C=O) groups excluding carboxylic acids is 2. The van der Waals surface area contributed by atoms with Crippen molar-refractivity contribution in [2.24, 2.45) is 0 Å². The number of hydrogen-bond acceptors (Lipinski definition) is 5. The first-order valence-electron chi connectivity index (χ1n) is 8.42. The lowest BCUT2D eigenvalue weighted by Crippen LogP contribution is -2.34. The minimum atomic E-state index is -0.476. The molecule has 2 rings (SSSR count). The van der Waals surface area contributed by atoms with Gasteiger partial charge in [0, 0.05) is 12.2 Å². The van der Waals surface area contributed by atoms with Gasteiger partial charge in [-0.15, -0.1) is 0 Å². The van der Waals surface area contributed by atoms with Gasteiger partial charge in [0.1, 0.15) is 11.5 Å². The Morgan fingerprint density at radius 1 is 0.962 bits per heavy atom. The van der Waals surface area contributed by atoms with E-state index < -0.39 is 5.97 Å². The summed E-state index contributed by atoms with van der Waals surface area (Å²) in [7, 11) is 1.59. The summed E-state index contributed by atoms with van der Waals surface area (Å²) in [5, 5.41) is 0. The molecule has 0 saturated heterocycles. The number of hydrogen-bond donors (Lipinski definition) is 0. The number of amides is 1. The van der Waals surface area contributed by atoms with Gasteiger partial charge in [-0.25, -0.2) is 0 Å². The smallest absolute Gasteiger partial charge is 0.309 e. The van der Waals surface area contributed by atoms with Crippen molar-refractivity contribution in [3.8, 4) is 11.5 Å². The van der Waals surface area contributed by atoms with Crippen LogP contribution in [0.25, 0.3) is 0 Å². The van der Waals surface area contributed by atoms with Crippen LogP contribution >= 0.6 is 0 Å². The highest BCUT2D eigenvalue weighted by molar-refractivity contribution is 5.95. The molecule has 0 atom stereocenters. The molecule has 1 amide bonds. The van der Waals surface area contributed by atoms with Gasteiger partial charge in [-0.2, -0.15) is 0 Å². The van der Waals surface area contributed by atoms with Crippen molar-refractivity contribution in [2.45, 2.75) is 13.3 Å². The Hall–Kier alpha value is -3.02. The van der Waals surface area contributed by atoms with Crippen molar-refractivity contribution in [3.63, 3.8) is 0 Å². The van der Waals surface area contributed by atoms with Crippen LogP contribution < -0.4 is 14.4 Å². The molecule has 138 valence electrons. The number of methoxy groups -OCH3 is 1. The number of esters is 1. The largest absolute Gasteiger partial charge is 0.497 e. The standard InChI is InChI=1S/C20H23NO5/c1-3-21(16-7-5-4-6-8-16)19(22)15-26-20(23)13-14-25-18-11-9-17(24-2)10-12-18/h4-12H,3,13-15H2,1-2H3. The van der Waals surface area contributed by atoms with Crippen molar-refractivity contribution in [1.82, 2.24) is 0 Å². The summed E-state index contributed by atoms with van der Waals surface area (Å²) in [6.07, 6.45) is 0.0662. The van der Waals surface area contributed by atoms with Crippen LogP contribution in [0.3, 0.4) is 0 Å². The zero-order valence-corrected chi connectivity index (χ0v) is 15.0. The second kappa shape index (κ2) is 10.1. The maximum Gasteiger partial charge on any atom is 0.309 e. The molecule has 0 aliphatic rings. The van der Waals surface area contributed by atoms with Crippen LogP contribution in [-0.4, -0.2) is 38.7 Å². The maximum atomic E-state index is 12.2. The Balaban J connectivity index is 1.72. The van der Waals surface area contributed by atoms with E-state index in [4.69, 9.17) is 14.2 Å². The Kier molecular flexibility index (Phi) is 7.49. The minimum absolute atomic E-state index is 0.0662. The lowest BCUT2D eigenvalue weighted by Gasteiger charge is -2.20. The van der Waals surface area contributed by atoms with Crippen LogP contribution in [0.1, 0.15) is 13.3 Å². The van der Waals surface area contributed by atoms with E-state index in [0.29, 0.717) is 12.3 Å². The van der Waals surface area contributed by atoms with Gasteiger partial charge >= 0.3 is 5.97 Å². The number of carbonyl (C=O) groups is 2. The fourth-order valence-electron chi connectivity index (χ4n) is 2.33. The summed E-state index contributed by atoms with van der Waals surface area (Å²) in [4.78, 5) is 25.6. The van der Waals surface area contributed by atoms with Gasteiger partial charge in [-0.3, -0.25) is 9.59 Å². The first-order chi connectivity index (χ1) is 12.6. The molecule has 0 heterocycles. The monoisotopic (exact) mass is 357 g/mol. The highest BCUT2D eigenvalue weighted by Gasteiger charge is 2.15. The van der Waals surface area contributed by atoms with Crippen LogP contribution in [0.5, 0.6) is 11.5 Å². The highest BCUT2D eigenvalue weighted by Crippen LogP contribution is 2.17. The van der Waals surface area contributed by atoms with E-state index in [1.165, 1.54) is 0 Å².